The molecule has 2 aromatic carbocycles. The average Bonchev–Trinajstić information content (AvgIpc) is 3.10. The number of carbonyl (C=O) groups excluding carboxylic acids is 3. The van der Waals surface area contributed by atoms with E-state index in [2.05, 4.69) is 10.6 Å². The quantitative estimate of drug-likeness (QED) is 0.836. The number of carbonyl (C=O) groups is 3. The fourth-order valence-corrected chi connectivity index (χ4v) is 3.72. The molecule has 2 N–H and O–H groups in total. The van der Waals surface area contributed by atoms with Crippen molar-refractivity contribution in [2.75, 3.05) is 22.1 Å². The van der Waals surface area contributed by atoms with Crippen LogP contribution >= 0.6 is 0 Å². The molecule has 2 heterocycles. The first-order chi connectivity index (χ1) is 14.0. The number of para-hydroxylation sites is 1. The van der Waals surface area contributed by atoms with Crippen LogP contribution in [0.2, 0.25) is 0 Å². The Hall–Kier alpha value is -3.35. The number of hydrogen-bond donors (Lipinski definition) is 2. The lowest BCUT2D eigenvalue weighted by molar-refractivity contribution is -0.122. The van der Waals surface area contributed by atoms with Crippen molar-refractivity contribution in [3.8, 4) is 5.75 Å². The molecule has 3 amide bonds. The molecule has 7 heteroatoms. The van der Waals surface area contributed by atoms with Gasteiger partial charge in [-0.15, -0.1) is 0 Å². The highest BCUT2D eigenvalue weighted by atomic mass is 16.5. The molecule has 7 nitrogen and oxygen atoms in total. The van der Waals surface area contributed by atoms with Crippen molar-refractivity contribution in [1.82, 2.24) is 0 Å². The third-order valence-corrected chi connectivity index (χ3v) is 5.34. The van der Waals surface area contributed by atoms with Gasteiger partial charge in [0.2, 0.25) is 11.8 Å². The Morgan fingerprint density at radius 2 is 2.03 bits per heavy atom. The lowest BCUT2D eigenvalue weighted by Crippen LogP contribution is -2.34. The van der Waals surface area contributed by atoms with E-state index in [1.165, 1.54) is 0 Å². The van der Waals surface area contributed by atoms with Gasteiger partial charge in [-0.25, -0.2) is 0 Å². The Labute approximate surface area is 169 Å². The van der Waals surface area contributed by atoms with Crippen molar-refractivity contribution < 1.29 is 19.1 Å². The van der Waals surface area contributed by atoms with Gasteiger partial charge in [0.1, 0.15) is 5.75 Å². The van der Waals surface area contributed by atoms with Crippen LogP contribution in [0.1, 0.15) is 25.8 Å². The molecule has 0 unspecified atom stereocenters. The van der Waals surface area contributed by atoms with Crippen molar-refractivity contribution >= 4 is 34.8 Å². The zero-order valence-electron chi connectivity index (χ0n) is 16.4. The monoisotopic (exact) mass is 393 g/mol. The number of benzene rings is 2. The second-order valence-corrected chi connectivity index (χ2v) is 7.34. The summed E-state index contributed by atoms with van der Waals surface area (Å²) in [5, 5.41) is 5.62. The molecule has 2 aliphatic rings. The lowest BCUT2D eigenvalue weighted by Gasteiger charge is -2.24. The average molecular weight is 393 g/mol. The minimum atomic E-state index is -0.551. The van der Waals surface area contributed by atoms with E-state index < -0.39 is 12.0 Å². The van der Waals surface area contributed by atoms with Gasteiger partial charge in [0.25, 0.3) is 5.91 Å². The summed E-state index contributed by atoms with van der Waals surface area (Å²) in [5.41, 5.74) is 3.03. The Balaban J connectivity index is 1.47. The maximum Gasteiger partial charge on any atom is 0.265 e. The highest BCUT2D eigenvalue weighted by Crippen LogP contribution is 2.33. The van der Waals surface area contributed by atoms with Gasteiger partial charge in [-0.3, -0.25) is 14.4 Å². The molecule has 4 rings (SSSR count). The van der Waals surface area contributed by atoms with Crippen molar-refractivity contribution in [3.63, 3.8) is 0 Å². The van der Waals surface area contributed by atoms with E-state index in [1.54, 1.807) is 30.0 Å². The largest absolute Gasteiger partial charge is 0.479 e. The van der Waals surface area contributed by atoms with Crippen LogP contribution in [-0.4, -0.2) is 30.4 Å². The fraction of sp³-hybridized carbons (Fsp3) is 0.318. The maximum absolute atomic E-state index is 12.8. The number of amides is 3. The minimum Gasteiger partial charge on any atom is -0.479 e. The molecular formula is C22H23N3O4. The Morgan fingerprint density at radius 3 is 2.83 bits per heavy atom. The van der Waals surface area contributed by atoms with Gasteiger partial charge in [-0.2, -0.15) is 0 Å². The molecule has 0 spiro atoms. The molecule has 2 atom stereocenters. The number of aryl methyl sites for hydroxylation is 1. The second kappa shape index (κ2) is 7.58. The minimum absolute atomic E-state index is 0.0499. The number of anilines is 3. The van der Waals surface area contributed by atoms with Gasteiger partial charge < -0.3 is 20.3 Å². The van der Waals surface area contributed by atoms with Gasteiger partial charge in [-0.05, 0) is 43.2 Å². The van der Waals surface area contributed by atoms with Crippen LogP contribution in [0.4, 0.5) is 17.1 Å². The molecule has 0 aromatic heterocycles. The highest BCUT2D eigenvalue weighted by molar-refractivity contribution is 6.04. The summed E-state index contributed by atoms with van der Waals surface area (Å²) in [7, 11) is 0. The van der Waals surface area contributed by atoms with Crippen LogP contribution in [0.3, 0.4) is 0 Å². The van der Waals surface area contributed by atoms with Crippen molar-refractivity contribution in [3.05, 3.63) is 48.0 Å². The highest BCUT2D eigenvalue weighted by Gasteiger charge is 2.36. The molecule has 0 bridgehead atoms. The fourth-order valence-electron chi connectivity index (χ4n) is 3.72. The van der Waals surface area contributed by atoms with Crippen LogP contribution < -0.4 is 20.3 Å². The standard InChI is InChI=1S/C22H23N3O4/c1-3-14-6-4-5-7-18(14)25-12-15(10-20(25)26)22(28)23-16-8-9-19-17(11-16)24-21(27)13(2)29-19/h4-9,11,13,15H,3,10,12H2,1-2H3,(H,23,28)(H,24,27)/t13-,15+/m1/s1. The number of nitrogens with zero attached hydrogens (tertiary/aromatic N) is 1. The van der Waals surface area contributed by atoms with E-state index in [0.717, 1.165) is 17.7 Å². The topological polar surface area (TPSA) is 87.7 Å². The summed E-state index contributed by atoms with van der Waals surface area (Å²) in [4.78, 5) is 38.8. The van der Waals surface area contributed by atoms with Crippen molar-refractivity contribution in [1.29, 1.82) is 0 Å². The maximum atomic E-state index is 12.8. The molecule has 29 heavy (non-hydrogen) atoms. The van der Waals surface area contributed by atoms with E-state index in [0.29, 0.717) is 23.7 Å². The third-order valence-electron chi connectivity index (χ3n) is 5.34. The molecule has 2 aromatic rings. The first kappa shape index (κ1) is 19.0. The second-order valence-electron chi connectivity index (χ2n) is 7.34. The van der Waals surface area contributed by atoms with Crippen LogP contribution in [-0.2, 0) is 20.8 Å². The Bertz CT molecular complexity index is 988. The number of nitrogens with one attached hydrogen (secondary N) is 2. The van der Waals surface area contributed by atoms with E-state index in [4.69, 9.17) is 4.74 Å². The van der Waals surface area contributed by atoms with Gasteiger partial charge in [0, 0.05) is 24.3 Å². The smallest absolute Gasteiger partial charge is 0.265 e. The van der Waals surface area contributed by atoms with Gasteiger partial charge in [0.05, 0.1) is 11.6 Å². The summed E-state index contributed by atoms with van der Waals surface area (Å²) in [6.07, 6.45) is 0.439. The molecule has 150 valence electrons. The predicted octanol–water partition coefficient (Wildman–Crippen LogP) is 2.96. The van der Waals surface area contributed by atoms with Crippen LogP contribution in [0.15, 0.2) is 42.5 Å². The normalized spacial score (nSPS) is 20.7. The van der Waals surface area contributed by atoms with Crippen molar-refractivity contribution in [2.45, 2.75) is 32.8 Å². The zero-order valence-corrected chi connectivity index (χ0v) is 16.4. The van der Waals surface area contributed by atoms with Crippen molar-refractivity contribution in [2.24, 2.45) is 5.92 Å². The molecule has 2 aliphatic heterocycles. The van der Waals surface area contributed by atoms with E-state index in [9.17, 15) is 14.4 Å². The third kappa shape index (κ3) is 3.68. The van der Waals surface area contributed by atoms with Crippen LogP contribution in [0.5, 0.6) is 5.75 Å². The van der Waals surface area contributed by atoms with Gasteiger partial charge in [0.15, 0.2) is 6.10 Å². The van der Waals surface area contributed by atoms with Crippen LogP contribution in [0, 0.1) is 5.92 Å². The Morgan fingerprint density at radius 1 is 1.24 bits per heavy atom. The first-order valence-corrected chi connectivity index (χ1v) is 9.77. The number of hydrogen-bond acceptors (Lipinski definition) is 4. The molecule has 0 saturated carbocycles. The number of rotatable bonds is 4. The Kier molecular flexibility index (Phi) is 4.96. The summed E-state index contributed by atoms with van der Waals surface area (Å²) in [6, 6.07) is 12.9. The van der Waals surface area contributed by atoms with E-state index in [1.807, 2.05) is 31.2 Å². The predicted molar refractivity (Wildman–Crippen MR) is 110 cm³/mol. The summed E-state index contributed by atoms with van der Waals surface area (Å²) >= 11 is 0. The number of fused-ring (bicyclic) bond motifs is 1. The molecular weight excluding hydrogens is 370 g/mol. The van der Waals surface area contributed by atoms with E-state index >= 15 is 0 Å². The molecule has 1 fully saturated rings. The summed E-state index contributed by atoms with van der Waals surface area (Å²) in [5.74, 6) is -0.368. The molecule has 0 radical (unpaired) electrons. The molecule has 0 aliphatic carbocycles. The van der Waals surface area contributed by atoms with Gasteiger partial charge >= 0.3 is 0 Å². The summed E-state index contributed by atoms with van der Waals surface area (Å²) < 4.78 is 5.53. The summed E-state index contributed by atoms with van der Waals surface area (Å²) in [6.45, 7) is 4.07. The first-order valence-electron chi connectivity index (χ1n) is 9.77. The number of ether oxygens (including phenoxy) is 1. The SMILES string of the molecule is CCc1ccccc1N1C[C@@H](C(=O)Nc2ccc3c(c2)NC(=O)[C@@H](C)O3)CC1=O. The molecule has 1 saturated heterocycles. The van der Waals surface area contributed by atoms with E-state index in [-0.39, 0.29) is 24.1 Å². The lowest BCUT2D eigenvalue weighted by atomic mass is 10.1. The zero-order chi connectivity index (χ0) is 20.5. The van der Waals surface area contributed by atoms with Crippen LogP contribution in [0.25, 0.3) is 0 Å². The van der Waals surface area contributed by atoms with Gasteiger partial charge in [-0.1, -0.05) is 25.1 Å².